The van der Waals surface area contributed by atoms with Crippen molar-refractivity contribution in [3.63, 3.8) is 0 Å². The highest BCUT2D eigenvalue weighted by Crippen LogP contribution is 2.48. The van der Waals surface area contributed by atoms with E-state index in [4.69, 9.17) is 4.74 Å². The van der Waals surface area contributed by atoms with Gasteiger partial charge in [0, 0.05) is 30.4 Å². The summed E-state index contributed by atoms with van der Waals surface area (Å²) in [7, 11) is 0. The predicted molar refractivity (Wildman–Crippen MR) is 100 cm³/mol. The molecule has 1 saturated heterocycles. The zero-order valence-electron chi connectivity index (χ0n) is 15.2. The number of hydrogen-bond acceptors (Lipinski definition) is 3. The van der Waals surface area contributed by atoms with Crippen LogP contribution in [0.2, 0.25) is 0 Å². The first kappa shape index (κ1) is 18.8. The summed E-state index contributed by atoms with van der Waals surface area (Å²) in [6, 6.07) is 12.8. The third kappa shape index (κ3) is 4.14. The molecule has 0 aromatic heterocycles. The molecule has 28 heavy (non-hydrogen) atoms. The second kappa shape index (κ2) is 7.47. The number of hydrogen-bond donors (Lipinski definition) is 1. The fraction of sp³-hybridized carbons (Fsp3) is 0.381. The summed E-state index contributed by atoms with van der Waals surface area (Å²) in [6.07, 6.45) is -3.69. The molecule has 1 aliphatic heterocycles. The standard InChI is InChI=1S/C21H21F3N2O2/c22-21(23,24)15-3-1-14(2-4-15)18-13-19(18)20(27)25-16-5-7-17(8-6-16)26-9-11-28-12-10-26/h1-8,18-19H,9-13H2,(H,25,27). The van der Waals surface area contributed by atoms with Crippen LogP contribution in [0, 0.1) is 5.92 Å². The summed E-state index contributed by atoms with van der Waals surface area (Å²) in [5.41, 5.74) is 1.92. The summed E-state index contributed by atoms with van der Waals surface area (Å²) >= 11 is 0. The Balaban J connectivity index is 1.33. The first-order valence-electron chi connectivity index (χ1n) is 9.32. The maximum absolute atomic E-state index is 12.7. The van der Waals surface area contributed by atoms with Crippen LogP contribution in [0.3, 0.4) is 0 Å². The number of anilines is 2. The molecule has 1 aliphatic carbocycles. The second-order valence-electron chi connectivity index (χ2n) is 7.20. The van der Waals surface area contributed by atoms with E-state index in [0.29, 0.717) is 19.6 Å². The van der Waals surface area contributed by atoms with E-state index >= 15 is 0 Å². The molecular weight excluding hydrogens is 369 g/mol. The van der Waals surface area contributed by atoms with Gasteiger partial charge in [-0.2, -0.15) is 13.2 Å². The lowest BCUT2D eigenvalue weighted by atomic mass is 10.1. The maximum atomic E-state index is 12.7. The summed E-state index contributed by atoms with van der Waals surface area (Å²) < 4.78 is 43.3. The Labute approximate surface area is 161 Å². The van der Waals surface area contributed by atoms with Crippen molar-refractivity contribution in [2.45, 2.75) is 18.5 Å². The first-order chi connectivity index (χ1) is 13.4. The van der Waals surface area contributed by atoms with E-state index in [-0.39, 0.29) is 17.7 Å². The zero-order valence-corrected chi connectivity index (χ0v) is 15.2. The van der Waals surface area contributed by atoms with Crippen molar-refractivity contribution in [1.82, 2.24) is 0 Å². The Kier molecular flexibility index (Phi) is 5.02. The average Bonchev–Trinajstić information content (AvgIpc) is 3.50. The van der Waals surface area contributed by atoms with Gasteiger partial charge in [0.1, 0.15) is 0 Å². The summed E-state index contributed by atoms with van der Waals surface area (Å²) in [5, 5.41) is 2.91. The Morgan fingerprint density at radius 2 is 1.64 bits per heavy atom. The van der Waals surface area contributed by atoms with Gasteiger partial charge in [-0.05, 0) is 54.3 Å². The van der Waals surface area contributed by atoms with Gasteiger partial charge in [-0.25, -0.2) is 0 Å². The van der Waals surface area contributed by atoms with Crippen LogP contribution >= 0.6 is 0 Å². The van der Waals surface area contributed by atoms with Crippen molar-refractivity contribution in [3.8, 4) is 0 Å². The number of nitrogens with one attached hydrogen (secondary N) is 1. The number of halogens is 3. The molecule has 7 heteroatoms. The fourth-order valence-electron chi connectivity index (χ4n) is 3.58. The molecule has 1 N–H and O–H groups in total. The summed E-state index contributed by atoms with van der Waals surface area (Å²) in [6.45, 7) is 3.13. The SMILES string of the molecule is O=C(Nc1ccc(N2CCOCC2)cc1)C1CC1c1ccc(C(F)(F)F)cc1. The van der Waals surface area contributed by atoms with E-state index in [1.54, 1.807) is 0 Å². The van der Waals surface area contributed by atoms with Crippen LogP contribution in [-0.4, -0.2) is 32.2 Å². The van der Waals surface area contributed by atoms with Gasteiger partial charge in [0.2, 0.25) is 5.91 Å². The smallest absolute Gasteiger partial charge is 0.378 e. The Bertz CT molecular complexity index is 828. The number of alkyl halides is 3. The Morgan fingerprint density at radius 1 is 1.00 bits per heavy atom. The van der Waals surface area contributed by atoms with Crippen LogP contribution in [0.1, 0.15) is 23.5 Å². The second-order valence-corrected chi connectivity index (χ2v) is 7.20. The third-order valence-corrected chi connectivity index (χ3v) is 5.30. The molecule has 2 aliphatic rings. The highest BCUT2D eigenvalue weighted by molar-refractivity contribution is 5.95. The van der Waals surface area contributed by atoms with Gasteiger partial charge in [0.25, 0.3) is 0 Å². The van der Waals surface area contributed by atoms with Crippen molar-refractivity contribution in [1.29, 1.82) is 0 Å². The third-order valence-electron chi connectivity index (χ3n) is 5.30. The van der Waals surface area contributed by atoms with Gasteiger partial charge in [-0.15, -0.1) is 0 Å². The lowest BCUT2D eigenvalue weighted by Gasteiger charge is -2.28. The van der Waals surface area contributed by atoms with Crippen LogP contribution in [0.5, 0.6) is 0 Å². The maximum Gasteiger partial charge on any atom is 0.416 e. The zero-order chi connectivity index (χ0) is 19.7. The molecule has 0 bridgehead atoms. The number of carbonyl (C=O) groups excluding carboxylic acids is 1. The number of ether oxygens (including phenoxy) is 1. The molecule has 0 spiro atoms. The highest BCUT2D eigenvalue weighted by atomic mass is 19.4. The van der Waals surface area contributed by atoms with E-state index in [1.165, 1.54) is 12.1 Å². The van der Waals surface area contributed by atoms with E-state index in [1.807, 2.05) is 24.3 Å². The molecule has 2 aromatic rings. The minimum absolute atomic E-state index is 0.0186. The fourth-order valence-corrected chi connectivity index (χ4v) is 3.58. The van der Waals surface area contributed by atoms with Crippen molar-refractivity contribution >= 4 is 17.3 Å². The molecule has 2 unspecified atom stereocenters. The molecule has 1 heterocycles. The van der Waals surface area contributed by atoms with Gasteiger partial charge in [0.15, 0.2) is 0 Å². The molecule has 2 fully saturated rings. The molecule has 2 aromatic carbocycles. The van der Waals surface area contributed by atoms with Gasteiger partial charge in [-0.1, -0.05) is 12.1 Å². The van der Waals surface area contributed by atoms with E-state index in [2.05, 4.69) is 10.2 Å². The first-order valence-corrected chi connectivity index (χ1v) is 9.32. The number of nitrogens with zero attached hydrogens (tertiary/aromatic N) is 1. The number of rotatable bonds is 4. The molecule has 148 valence electrons. The monoisotopic (exact) mass is 390 g/mol. The van der Waals surface area contributed by atoms with Gasteiger partial charge >= 0.3 is 6.18 Å². The molecule has 2 atom stereocenters. The normalized spacial score (nSPS) is 22.0. The Morgan fingerprint density at radius 3 is 2.25 bits per heavy atom. The van der Waals surface area contributed by atoms with E-state index in [0.717, 1.165) is 42.2 Å². The average molecular weight is 390 g/mol. The lowest BCUT2D eigenvalue weighted by molar-refractivity contribution is -0.137. The van der Waals surface area contributed by atoms with Crippen molar-refractivity contribution in [2.24, 2.45) is 5.92 Å². The lowest BCUT2D eigenvalue weighted by Crippen LogP contribution is -2.36. The highest BCUT2D eigenvalue weighted by Gasteiger charge is 2.44. The molecular formula is C21H21F3N2O2. The van der Waals surface area contributed by atoms with Crippen molar-refractivity contribution in [2.75, 3.05) is 36.5 Å². The largest absolute Gasteiger partial charge is 0.416 e. The van der Waals surface area contributed by atoms with Gasteiger partial charge in [-0.3, -0.25) is 4.79 Å². The number of benzene rings is 2. The quantitative estimate of drug-likeness (QED) is 0.847. The number of carbonyl (C=O) groups is 1. The van der Waals surface area contributed by atoms with Gasteiger partial charge in [0.05, 0.1) is 18.8 Å². The van der Waals surface area contributed by atoms with Crippen LogP contribution in [0.4, 0.5) is 24.5 Å². The van der Waals surface area contributed by atoms with Crippen LogP contribution in [0.25, 0.3) is 0 Å². The summed E-state index contributed by atoms with van der Waals surface area (Å²) in [5.74, 6) is -0.311. The van der Waals surface area contributed by atoms with E-state index in [9.17, 15) is 18.0 Å². The number of amides is 1. The summed E-state index contributed by atoms with van der Waals surface area (Å²) in [4.78, 5) is 14.7. The Hall–Kier alpha value is -2.54. The topological polar surface area (TPSA) is 41.6 Å². The van der Waals surface area contributed by atoms with E-state index < -0.39 is 11.7 Å². The van der Waals surface area contributed by atoms with Crippen molar-refractivity contribution in [3.05, 3.63) is 59.7 Å². The van der Waals surface area contributed by atoms with Crippen LogP contribution in [0.15, 0.2) is 48.5 Å². The molecule has 0 radical (unpaired) electrons. The van der Waals surface area contributed by atoms with Crippen molar-refractivity contribution < 1.29 is 22.7 Å². The van der Waals surface area contributed by atoms with Crippen LogP contribution in [-0.2, 0) is 15.7 Å². The van der Waals surface area contributed by atoms with Gasteiger partial charge < -0.3 is 15.0 Å². The molecule has 4 rings (SSSR count). The molecule has 4 nitrogen and oxygen atoms in total. The number of morpholine rings is 1. The molecule has 1 amide bonds. The van der Waals surface area contributed by atoms with Crippen LogP contribution < -0.4 is 10.2 Å². The molecule has 1 saturated carbocycles. The predicted octanol–water partition coefficient (Wildman–Crippen LogP) is 4.28. The minimum Gasteiger partial charge on any atom is -0.378 e. The minimum atomic E-state index is -4.34.